The minimum absolute atomic E-state index is 0.0483. The Labute approximate surface area is 154 Å². The molecule has 0 fully saturated rings. The van der Waals surface area contributed by atoms with Crippen LogP contribution >= 0.6 is 11.8 Å². The van der Waals surface area contributed by atoms with Crippen molar-refractivity contribution in [2.45, 2.75) is 24.8 Å². The standard InChI is InChI=1S/C20H26N2O2S/c1-4-24-18-10-12-19(13-11-18)25-15-20(23)21-14-16(2)22(3)17-8-6-5-7-9-17/h5-13,16H,4,14-15H2,1-3H3,(H,21,23). The number of anilines is 1. The number of carbonyl (C=O) groups excluding carboxylic acids is 1. The highest BCUT2D eigenvalue weighted by Gasteiger charge is 2.11. The smallest absolute Gasteiger partial charge is 0.230 e. The maximum atomic E-state index is 12.1. The second-order valence-corrected chi connectivity index (χ2v) is 6.84. The molecule has 0 radical (unpaired) electrons. The number of nitrogens with zero attached hydrogens (tertiary/aromatic N) is 1. The lowest BCUT2D eigenvalue weighted by Crippen LogP contribution is -2.40. The van der Waals surface area contributed by atoms with Crippen molar-refractivity contribution in [1.82, 2.24) is 5.32 Å². The monoisotopic (exact) mass is 358 g/mol. The van der Waals surface area contributed by atoms with Crippen LogP contribution in [0.2, 0.25) is 0 Å². The summed E-state index contributed by atoms with van der Waals surface area (Å²) in [5.74, 6) is 1.32. The maximum Gasteiger partial charge on any atom is 0.230 e. The van der Waals surface area contributed by atoms with E-state index < -0.39 is 0 Å². The summed E-state index contributed by atoms with van der Waals surface area (Å²) in [6.07, 6.45) is 0. The summed E-state index contributed by atoms with van der Waals surface area (Å²) < 4.78 is 5.42. The van der Waals surface area contributed by atoms with E-state index >= 15 is 0 Å². The Kier molecular flexibility index (Phi) is 7.67. The van der Waals surface area contributed by atoms with Crippen molar-refractivity contribution in [3.05, 3.63) is 54.6 Å². The molecule has 5 heteroatoms. The highest BCUT2D eigenvalue weighted by atomic mass is 32.2. The summed E-state index contributed by atoms with van der Waals surface area (Å²) in [5.41, 5.74) is 1.15. The molecule has 1 N–H and O–H groups in total. The van der Waals surface area contributed by atoms with Gasteiger partial charge in [0.2, 0.25) is 5.91 Å². The molecule has 2 aromatic rings. The molecular formula is C20H26N2O2S. The van der Waals surface area contributed by atoms with Gasteiger partial charge in [-0.1, -0.05) is 18.2 Å². The number of ether oxygens (including phenoxy) is 1. The predicted octanol–water partition coefficient (Wildman–Crippen LogP) is 3.82. The summed E-state index contributed by atoms with van der Waals surface area (Å²) in [4.78, 5) is 15.3. The van der Waals surface area contributed by atoms with E-state index in [0.29, 0.717) is 18.9 Å². The number of para-hydroxylation sites is 1. The van der Waals surface area contributed by atoms with Crippen molar-refractivity contribution in [2.75, 3.05) is 30.9 Å². The summed E-state index contributed by atoms with van der Waals surface area (Å²) in [6, 6.07) is 18.2. The van der Waals surface area contributed by atoms with Crippen LogP contribution in [0.15, 0.2) is 59.5 Å². The van der Waals surface area contributed by atoms with Gasteiger partial charge in [-0.15, -0.1) is 11.8 Å². The van der Waals surface area contributed by atoms with Crippen molar-refractivity contribution < 1.29 is 9.53 Å². The van der Waals surface area contributed by atoms with Gasteiger partial charge in [0.1, 0.15) is 5.75 Å². The number of rotatable bonds is 9. The maximum absolute atomic E-state index is 12.1. The van der Waals surface area contributed by atoms with Crippen LogP contribution in [0, 0.1) is 0 Å². The number of hydrogen-bond acceptors (Lipinski definition) is 4. The number of nitrogens with one attached hydrogen (secondary N) is 1. The SMILES string of the molecule is CCOc1ccc(SCC(=O)NCC(C)N(C)c2ccccc2)cc1. The molecule has 134 valence electrons. The van der Waals surface area contributed by atoms with E-state index in [1.165, 1.54) is 11.8 Å². The van der Waals surface area contributed by atoms with Crippen LogP contribution in [-0.2, 0) is 4.79 Å². The van der Waals surface area contributed by atoms with Crippen LogP contribution in [0.3, 0.4) is 0 Å². The molecule has 1 amide bonds. The first kappa shape index (κ1) is 19.2. The second kappa shape index (κ2) is 9.99. The summed E-state index contributed by atoms with van der Waals surface area (Å²) in [5, 5.41) is 3.01. The zero-order valence-corrected chi connectivity index (χ0v) is 15.9. The lowest BCUT2D eigenvalue weighted by atomic mass is 10.2. The highest BCUT2D eigenvalue weighted by Crippen LogP contribution is 2.21. The van der Waals surface area contributed by atoms with Crippen LogP contribution in [0.4, 0.5) is 5.69 Å². The number of carbonyl (C=O) groups is 1. The molecule has 2 rings (SSSR count). The molecule has 1 atom stereocenters. The van der Waals surface area contributed by atoms with Crippen molar-refractivity contribution >= 4 is 23.4 Å². The van der Waals surface area contributed by atoms with Crippen LogP contribution in [0.25, 0.3) is 0 Å². The first-order chi connectivity index (χ1) is 12.1. The van der Waals surface area contributed by atoms with Gasteiger partial charge in [0.15, 0.2) is 0 Å². The average molecular weight is 359 g/mol. The molecule has 0 aromatic heterocycles. The Morgan fingerprint density at radius 2 is 1.84 bits per heavy atom. The van der Waals surface area contributed by atoms with E-state index in [0.717, 1.165) is 16.3 Å². The molecule has 0 aliphatic heterocycles. The van der Waals surface area contributed by atoms with E-state index in [2.05, 4.69) is 29.3 Å². The zero-order valence-electron chi connectivity index (χ0n) is 15.1. The number of thioether (sulfide) groups is 1. The number of likely N-dealkylation sites (N-methyl/N-ethyl adjacent to an activating group) is 1. The van der Waals surface area contributed by atoms with E-state index in [9.17, 15) is 4.79 Å². The molecule has 2 aromatic carbocycles. The third-order valence-electron chi connectivity index (χ3n) is 3.92. The third-order valence-corrected chi connectivity index (χ3v) is 4.94. The quantitative estimate of drug-likeness (QED) is 0.692. The molecule has 25 heavy (non-hydrogen) atoms. The molecular weight excluding hydrogens is 332 g/mol. The third kappa shape index (κ3) is 6.35. The molecule has 0 saturated carbocycles. The Bertz CT molecular complexity index is 647. The van der Waals surface area contributed by atoms with E-state index in [1.54, 1.807) is 0 Å². The average Bonchev–Trinajstić information content (AvgIpc) is 2.66. The Morgan fingerprint density at radius 3 is 2.48 bits per heavy atom. The summed E-state index contributed by atoms with van der Waals surface area (Å²) in [6.45, 7) is 5.34. The largest absolute Gasteiger partial charge is 0.494 e. The van der Waals surface area contributed by atoms with Crippen molar-refractivity contribution in [3.63, 3.8) is 0 Å². The molecule has 0 heterocycles. The second-order valence-electron chi connectivity index (χ2n) is 5.79. The first-order valence-electron chi connectivity index (χ1n) is 8.50. The summed E-state index contributed by atoms with van der Waals surface area (Å²) >= 11 is 1.53. The first-order valence-corrected chi connectivity index (χ1v) is 9.49. The summed E-state index contributed by atoms with van der Waals surface area (Å²) in [7, 11) is 2.04. The van der Waals surface area contributed by atoms with E-state index in [1.807, 2.05) is 56.4 Å². The van der Waals surface area contributed by atoms with Crippen LogP contribution < -0.4 is 15.0 Å². The van der Waals surface area contributed by atoms with Gasteiger partial charge in [-0.2, -0.15) is 0 Å². The van der Waals surface area contributed by atoms with Crippen LogP contribution in [0.5, 0.6) is 5.75 Å². The molecule has 1 unspecified atom stereocenters. The van der Waals surface area contributed by atoms with Gasteiger partial charge in [0.25, 0.3) is 0 Å². The van der Waals surface area contributed by atoms with Crippen LogP contribution in [-0.4, -0.2) is 37.9 Å². The van der Waals surface area contributed by atoms with Gasteiger partial charge in [-0.05, 0) is 50.2 Å². The van der Waals surface area contributed by atoms with Gasteiger partial charge < -0.3 is 15.0 Å². The predicted molar refractivity (Wildman–Crippen MR) is 106 cm³/mol. The van der Waals surface area contributed by atoms with Gasteiger partial charge in [-0.3, -0.25) is 4.79 Å². The van der Waals surface area contributed by atoms with E-state index in [4.69, 9.17) is 4.74 Å². The van der Waals surface area contributed by atoms with Crippen LogP contribution in [0.1, 0.15) is 13.8 Å². The van der Waals surface area contributed by atoms with Gasteiger partial charge in [0, 0.05) is 30.2 Å². The van der Waals surface area contributed by atoms with Gasteiger partial charge >= 0.3 is 0 Å². The molecule has 0 spiro atoms. The Hall–Kier alpha value is -2.14. The normalized spacial score (nSPS) is 11.6. The zero-order chi connectivity index (χ0) is 18.1. The Morgan fingerprint density at radius 1 is 1.16 bits per heavy atom. The number of benzene rings is 2. The molecule has 0 aliphatic carbocycles. The highest BCUT2D eigenvalue weighted by molar-refractivity contribution is 8.00. The van der Waals surface area contributed by atoms with Crippen molar-refractivity contribution in [2.24, 2.45) is 0 Å². The minimum atomic E-state index is 0.0483. The number of hydrogen-bond donors (Lipinski definition) is 1. The van der Waals surface area contributed by atoms with Gasteiger partial charge in [0.05, 0.1) is 12.4 Å². The fourth-order valence-corrected chi connectivity index (χ4v) is 3.04. The minimum Gasteiger partial charge on any atom is -0.494 e. The number of amides is 1. The fourth-order valence-electron chi connectivity index (χ4n) is 2.31. The van der Waals surface area contributed by atoms with Crippen molar-refractivity contribution in [1.29, 1.82) is 0 Å². The lowest BCUT2D eigenvalue weighted by molar-refractivity contribution is -0.118. The molecule has 0 bridgehead atoms. The molecule has 0 saturated heterocycles. The Balaban J connectivity index is 1.73. The van der Waals surface area contributed by atoms with Gasteiger partial charge in [-0.25, -0.2) is 0 Å². The van der Waals surface area contributed by atoms with E-state index in [-0.39, 0.29) is 11.9 Å². The molecule has 4 nitrogen and oxygen atoms in total. The van der Waals surface area contributed by atoms with Crippen molar-refractivity contribution in [3.8, 4) is 5.75 Å². The topological polar surface area (TPSA) is 41.6 Å². The molecule has 0 aliphatic rings. The fraction of sp³-hybridized carbons (Fsp3) is 0.350. The lowest BCUT2D eigenvalue weighted by Gasteiger charge is -2.27.